The van der Waals surface area contributed by atoms with Gasteiger partial charge in [0, 0.05) is 0 Å². The topological polar surface area (TPSA) is 0 Å². The summed E-state index contributed by atoms with van der Waals surface area (Å²) < 4.78 is 0. The molecule has 1 spiro atoms. The summed E-state index contributed by atoms with van der Waals surface area (Å²) in [6.07, 6.45) is 0. The fourth-order valence-corrected chi connectivity index (χ4v) is 8.04. The maximum atomic E-state index is 2.51. The first-order valence-electron chi connectivity index (χ1n) is 14.5. The smallest absolute Gasteiger partial charge is 0.0619 e. The summed E-state index contributed by atoms with van der Waals surface area (Å²) in [5.41, 5.74) is 15.9. The van der Waals surface area contributed by atoms with Gasteiger partial charge in [0.15, 0.2) is 0 Å². The average molecular weight is 521 g/mol. The molecule has 0 heteroatoms. The Bertz CT molecular complexity index is 2180. The molecule has 2 aliphatic rings. The number of fused-ring (bicyclic) bond motifs is 13. The van der Waals surface area contributed by atoms with E-state index in [0.717, 1.165) is 0 Å². The molecule has 0 N–H and O–H groups in total. The largest absolute Gasteiger partial charge is 0.0726 e. The molecule has 0 radical (unpaired) electrons. The highest BCUT2D eigenvalue weighted by atomic mass is 14.5. The van der Waals surface area contributed by atoms with Gasteiger partial charge >= 0.3 is 0 Å². The van der Waals surface area contributed by atoms with Crippen LogP contribution in [0.15, 0.2) is 133 Å². The van der Waals surface area contributed by atoms with Crippen molar-refractivity contribution in [3.8, 4) is 33.4 Å². The normalized spacial score (nSPS) is 13.8. The van der Waals surface area contributed by atoms with Gasteiger partial charge in [0.05, 0.1) is 5.41 Å². The van der Waals surface area contributed by atoms with Crippen molar-refractivity contribution >= 4 is 21.5 Å². The predicted octanol–water partition coefficient (Wildman–Crippen LogP) is 10.6. The summed E-state index contributed by atoms with van der Waals surface area (Å²) >= 11 is 0. The van der Waals surface area contributed by atoms with Gasteiger partial charge in [0.2, 0.25) is 0 Å². The Morgan fingerprint density at radius 3 is 1.63 bits per heavy atom. The maximum Gasteiger partial charge on any atom is 0.0726 e. The second kappa shape index (κ2) is 8.05. The van der Waals surface area contributed by atoms with Crippen molar-refractivity contribution in [2.24, 2.45) is 0 Å². The third-order valence-corrected chi connectivity index (χ3v) is 9.75. The standard InChI is InChI=1S/C41H28/c1-25-19-21-30(31-13-5-3-11-28(25)31)27-20-22-35-38(24-27)41(39-23-26(2)29-12-4-6-16-34(29)40(35)39)36-17-9-7-14-32(36)33-15-8-10-18-37(33)41/h3-24H,1-2H3. The van der Waals surface area contributed by atoms with Crippen LogP contribution < -0.4 is 0 Å². The van der Waals surface area contributed by atoms with Gasteiger partial charge in [0.25, 0.3) is 0 Å². The fourth-order valence-electron chi connectivity index (χ4n) is 8.04. The van der Waals surface area contributed by atoms with E-state index in [0.29, 0.717) is 0 Å². The highest BCUT2D eigenvalue weighted by Crippen LogP contribution is 2.64. The Hall–Kier alpha value is -4.94. The van der Waals surface area contributed by atoms with Crippen LogP contribution in [0.25, 0.3) is 54.9 Å². The molecule has 0 saturated carbocycles. The molecule has 0 nitrogen and oxygen atoms in total. The molecule has 0 saturated heterocycles. The van der Waals surface area contributed by atoms with Gasteiger partial charge in [-0.25, -0.2) is 0 Å². The van der Waals surface area contributed by atoms with E-state index in [1.807, 2.05) is 0 Å². The summed E-state index contributed by atoms with van der Waals surface area (Å²) in [5, 5.41) is 5.31. The minimum Gasteiger partial charge on any atom is -0.0619 e. The molecule has 0 aliphatic heterocycles. The van der Waals surface area contributed by atoms with E-state index in [1.54, 1.807) is 0 Å². The number of aryl methyl sites for hydroxylation is 2. The van der Waals surface area contributed by atoms with Crippen LogP contribution in [-0.2, 0) is 5.41 Å². The van der Waals surface area contributed by atoms with E-state index in [9.17, 15) is 0 Å². The van der Waals surface area contributed by atoms with Crippen molar-refractivity contribution in [2.45, 2.75) is 19.3 Å². The molecule has 0 amide bonds. The Balaban J connectivity index is 1.46. The monoisotopic (exact) mass is 520 g/mol. The average Bonchev–Trinajstić information content (AvgIpc) is 3.48. The molecule has 7 aromatic rings. The Kier molecular flexibility index (Phi) is 4.49. The van der Waals surface area contributed by atoms with Crippen molar-refractivity contribution in [1.29, 1.82) is 0 Å². The first-order valence-corrected chi connectivity index (χ1v) is 14.5. The van der Waals surface area contributed by atoms with Crippen molar-refractivity contribution in [3.63, 3.8) is 0 Å². The summed E-state index contributed by atoms with van der Waals surface area (Å²) in [6, 6.07) is 50.3. The van der Waals surface area contributed by atoms with E-state index in [-0.39, 0.29) is 5.41 Å². The Labute approximate surface area is 240 Å². The van der Waals surface area contributed by atoms with E-state index in [2.05, 4.69) is 147 Å². The highest BCUT2D eigenvalue weighted by Gasteiger charge is 2.52. The lowest BCUT2D eigenvalue weighted by Crippen LogP contribution is -2.26. The molecule has 7 aromatic carbocycles. The SMILES string of the molecule is Cc1ccc(-c2ccc3c(c2)C2(c4ccccc4-c4ccccc42)c2cc(C)c4ccccc4c2-3)c2ccccc12. The minimum absolute atomic E-state index is 0.358. The second-order valence-corrected chi connectivity index (χ2v) is 11.7. The van der Waals surface area contributed by atoms with Crippen LogP contribution in [0.3, 0.4) is 0 Å². The van der Waals surface area contributed by atoms with Gasteiger partial charge in [0.1, 0.15) is 0 Å². The van der Waals surface area contributed by atoms with Crippen molar-refractivity contribution in [2.75, 3.05) is 0 Å². The predicted molar refractivity (Wildman–Crippen MR) is 173 cm³/mol. The second-order valence-electron chi connectivity index (χ2n) is 11.7. The molecular formula is C41H28. The van der Waals surface area contributed by atoms with Gasteiger partial charge in [-0.15, -0.1) is 0 Å². The van der Waals surface area contributed by atoms with E-state index in [1.165, 1.54) is 88.3 Å². The molecule has 0 heterocycles. The number of hydrogen-bond acceptors (Lipinski definition) is 0. The first-order chi connectivity index (χ1) is 20.2. The zero-order valence-corrected chi connectivity index (χ0v) is 23.2. The number of hydrogen-bond donors (Lipinski definition) is 0. The molecule has 0 aromatic heterocycles. The quantitative estimate of drug-likeness (QED) is 0.202. The molecule has 0 bridgehead atoms. The van der Waals surface area contributed by atoms with Crippen LogP contribution in [0.4, 0.5) is 0 Å². The minimum atomic E-state index is -0.358. The molecule has 9 rings (SSSR count). The molecule has 192 valence electrons. The van der Waals surface area contributed by atoms with Crippen LogP contribution in [0, 0.1) is 13.8 Å². The lowest BCUT2D eigenvalue weighted by molar-refractivity contribution is 0.794. The lowest BCUT2D eigenvalue weighted by Gasteiger charge is -2.31. The van der Waals surface area contributed by atoms with Crippen LogP contribution in [0.5, 0.6) is 0 Å². The summed E-state index contributed by atoms with van der Waals surface area (Å²) in [4.78, 5) is 0. The molecule has 0 unspecified atom stereocenters. The van der Waals surface area contributed by atoms with Crippen LogP contribution in [0.2, 0.25) is 0 Å². The highest BCUT2D eigenvalue weighted by molar-refractivity contribution is 6.08. The number of benzene rings is 7. The van der Waals surface area contributed by atoms with Gasteiger partial charge in [-0.3, -0.25) is 0 Å². The zero-order chi connectivity index (χ0) is 27.3. The van der Waals surface area contributed by atoms with Gasteiger partial charge in [-0.1, -0.05) is 127 Å². The molecular weight excluding hydrogens is 492 g/mol. The molecule has 2 aliphatic carbocycles. The molecule has 0 atom stereocenters. The molecule has 0 fully saturated rings. The van der Waals surface area contributed by atoms with E-state index >= 15 is 0 Å². The summed E-state index contributed by atoms with van der Waals surface area (Å²) in [6.45, 7) is 4.48. The third kappa shape index (κ3) is 2.80. The fraction of sp³-hybridized carbons (Fsp3) is 0.0732. The van der Waals surface area contributed by atoms with Crippen molar-refractivity contribution in [3.05, 3.63) is 167 Å². The number of rotatable bonds is 1. The van der Waals surface area contributed by atoms with Crippen LogP contribution >= 0.6 is 0 Å². The first kappa shape index (κ1) is 22.8. The maximum absolute atomic E-state index is 2.51. The van der Waals surface area contributed by atoms with Gasteiger partial charge < -0.3 is 0 Å². The van der Waals surface area contributed by atoms with E-state index in [4.69, 9.17) is 0 Å². The Morgan fingerprint density at radius 1 is 0.366 bits per heavy atom. The van der Waals surface area contributed by atoms with E-state index < -0.39 is 0 Å². The molecule has 41 heavy (non-hydrogen) atoms. The summed E-state index contributed by atoms with van der Waals surface area (Å²) in [7, 11) is 0. The van der Waals surface area contributed by atoms with Gasteiger partial charge in [-0.05, 0) is 108 Å². The third-order valence-electron chi connectivity index (χ3n) is 9.75. The lowest BCUT2D eigenvalue weighted by atomic mass is 9.70. The zero-order valence-electron chi connectivity index (χ0n) is 23.2. The van der Waals surface area contributed by atoms with Gasteiger partial charge in [-0.2, -0.15) is 0 Å². The van der Waals surface area contributed by atoms with Crippen molar-refractivity contribution in [1.82, 2.24) is 0 Å². The Morgan fingerprint density at radius 2 is 0.927 bits per heavy atom. The van der Waals surface area contributed by atoms with Crippen LogP contribution in [-0.4, -0.2) is 0 Å². The summed E-state index contributed by atoms with van der Waals surface area (Å²) in [5.74, 6) is 0. The van der Waals surface area contributed by atoms with Crippen LogP contribution in [0.1, 0.15) is 33.4 Å². The van der Waals surface area contributed by atoms with Crippen molar-refractivity contribution < 1.29 is 0 Å².